The number of amides is 3. The zero-order valence-electron chi connectivity index (χ0n) is 63.1. The van der Waals surface area contributed by atoms with Crippen LogP contribution in [0.2, 0.25) is 15.1 Å². The summed E-state index contributed by atoms with van der Waals surface area (Å²) in [6, 6.07) is 52.5. The van der Waals surface area contributed by atoms with Crippen molar-refractivity contribution in [3.05, 3.63) is 256 Å². The fraction of sp³-hybridized carbons (Fsp3) is 0.337. The van der Waals surface area contributed by atoms with Gasteiger partial charge >= 0.3 is 18.3 Å². The first kappa shape index (κ1) is 81.2. The summed E-state index contributed by atoms with van der Waals surface area (Å²) in [7, 11) is 3.27. The number of unbranched alkanes of at least 4 members (excludes halogenated alkanes) is 1. The van der Waals surface area contributed by atoms with Crippen LogP contribution in [0.1, 0.15) is 101 Å². The molecule has 3 unspecified atom stereocenters. The summed E-state index contributed by atoms with van der Waals surface area (Å²) >= 11 is 22.3. The van der Waals surface area contributed by atoms with E-state index in [2.05, 4.69) is 47.9 Å². The minimum absolute atomic E-state index is 0.0825. The zero-order valence-corrected chi connectivity index (χ0v) is 67.0. The van der Waals surface area contributed by atoms with Crippen LogP contribution in [0.3, 0.4) is 0 Å². The molecule has 8 aromatic carbocycles. The third-order valence-electron chi connectivity index (χ3n) is 20.3. The Balaban J connectivity index is 0.000000148. The highest BCUT2D eigenvalue weighted by molar-refractivity contribution is 9.10. The molecular formula is C86H90BrCl3N8O15. The highest BCUT2D eigenvalue weighted by Gasteiger charge is 2.39. The molecule has 4 aliphatic heterocycles. The van der Waals surface area contributed by atoms with E-state index in [-0.39, 0.29) is 29.6 Å². The standard InChI is InChI=1S/C29H28BrClN2O5.C29H28ClN3O7.C28H34ClN3O3/c1-35-14-15-36-16-17-37-22-7-2-19(3-8-22)28-27-24(25-18-21(31)6-11-26(25)32-27)12-13-33(28)29(34)38-23-9-4-20(30)5-10-23;1-37-14-15-38-16-17-39-22-7-2-19(3-8-22)28-27-24(25-18-20(30)4-11-26(25)31-27)12-13-32(28)29(34)40-23-9-5-21(6-10-23)33(35)36;1-2-34-28(33)32-17-13-23-24-19-21(29)9-12-25(24)30-26(23)27(32)20-7-10-22(11-8-20)35-18-6-5-16-31-14-3-4-15-31/h2-11,18,28,32H,12-17H2,1H3;2-11,18,28,31H,12-17H2,1H3;7-12,19,27,30H,2-6,13-18H2,1H3. The van der Waals surface area contributed by atoms with Crippen LogP contribution in [0.5, 0.6) is 28.7 Å². The Labute approximate surface area is 678 Å². The van der Waals surface area contributed by atoms with Crippen LogP contribution in [0.25, 0.3) is 32.7 Å². The Kier molecular flexibility index (Phi) is 28.2. The molecule has 0 saturated carbocycles. The summed E-state index contributed by atoms with van der Waals surface area (Å²) in [5.74, 6) is 2.98. The number of non-ortho nitro benzene ring substituents is 1. The van der Waals surface area contributed by atoms with Gasteiger partial charge in [-0.05, 0) is 232 Å². The molecule has 3 atom stereocenters. The monoisotopic (exact) mass is 1660 g/mol. The molecule has 592 valence electrons. The molecule has 0 aliphatic carbocycles. The number of nitro groups is 1. The maximum atomic E-state index is 13.5. The average Bonchev–Trinajstić information content (AvgIpc) is 1.62. The summed E-state index contributed by atoms with van der Waals surface area (Å²) in [5, 5.41) is 16.2. The molecule has 1 fully saturated rings. The third-order valence-corrected chi connectivity index (χ3v) is 21.5. The molecule has 4 aliphatic rings. The van der Waals surface area contributed by atoms with Crippen molar-refractivity contribution in [3.63, 3.8) is 0 Å². The van der Waals surface area contributed by atoms with Crippen molar-refractivity contribution in [2.75, 3.05) is 120 Å². The van der Waals surface area contributed by atoms with Crippen LogP contribution < -0.4 is 23.7 Å². The van der Waals surface area contributed by atoms with Crippen LogP contribution in [0.15, 0.2) is 180 Å². The quantitative estimate of drug-likeness (QED) is 0.0246. The van der Waals surface area contributed by atoms with Gasteiger partial charge in [0.15, 0.2) is 0 Å². The molecule has 1 saturated heterocycles. The molecule has 23 nitrogen and oxygen atoms in total. The molecule has 3 N–H and O–H groups in total. The van der Waals surface area contributed by atoms with E-state index in [9.17, 15) is 24.5 Å². The smallest absolute Gasteiger partial charge is 0.416 e. The maximum Gasteiger partial charge on any atom is 0.416 e. The minimum Gasteiger partial charge on any atom is -0.494 e. The lowest BCUT2D eigenvalue weighted by Crippen LogP contribution is -2.42. The Hall–Kier alpha value is -9.86. The first-order valence-electron chi connectivity index (χ1n) is 38.0. The largest absolute Gasteiger partial charge is 0.494 e. The van der Waals surface area contributed by atoms with E-state index in [0.717, 1.165) is 113 Å². The highest BCUT2D eigenvalue weighted by Crippen LogP contribution is 2.44. The molecule has 15 rings (SSSR count). The molecule has 7 heterocycles. The Morgan fingerprint density at radius 1 is 0.451 bits per heavy atom. The average molecular weight is 1660 g/mol. The maximum absolute atomic E-state index is 13.5. The number of nitrogens with one attached hydrogen (secondary N) is 3. The Morgan fingerprint density at radius 2 is 0.814 bits per heavy atom. The number of aromatic nitrogens is 3. The molecule has 0 radical (unpaired) electrons. The summed E-state index contributed by atoms with van der Waals surface area (Å²) in [6.45, 7) is 11.9. The number of carbonyl (C=O) groups excluding carboxylic acids is 3. The predicted octanol–water partition coefficient (Wildman–Crippen LogP) is 18.9. The van der Waals surface area contributed by atoms with Gasteiger partial charge in [-0.1, -0.05) is 87.1 Å². The van der Waals surface area contributed by atoms with Gasteiger partial charge in [0.05, 0.1) is 57.8 Å². The Bertz CT molecular complexity index is 5020. The number of aromatic amines is 3. The van der Waals surface area contributed by atoms with Gasteiger partial charge in [-0.3, -0.25) is 24.8 Å². The molecule has 3 amide bonds. The number of nitro benzene ring substituents is 1. The number of benzene rings is 8. The van der Waals surface area contributed by atoms with Gasteiger partial charge in [0.2, 0.25) is 0 Å². The fourth-order valence-corrected chi connectivity index (χ4v) is 15.7. The summed E-state index contributed by atoms with van der Waals surface area (Å²) < 4.78 is 56.2. The number of H-pyrrole nitrogens is 3. The number of hydrogen-bond acceptors (Lipinski definition) is 16. The van der Waals surface area contributed by atoms with E-state index in [1.54, 1.807) is 36.2 Å². The molecule has 27 heteroatoms. The van der Waals surface area contributed by atoms with Crippen LogP contribution in [-0.2, 0) is 42.9 Å². The molecule has 3 aromatic heterocycles. The summed E-state index contributed by atoms with van der Waals surface area (Å²) in [4.78, 5) is 68.6. The third kappa shape index (κ3) is 20.4. The van der Waals surface area contributed by atoms with Gasteiger partial charge in [0.1, 0.15) is 60.1 Å². The van der Waals surface area contributed by atoms with E-state index >= 15 is 0 Å². The van der Waals surface area contributed by atoms with Crippen molar-refractivity contribution < 1.29 is 66.7 Å². The second-order valence-corrected chi connectivity index (χ2v) is 29.7. The van der Waals surface area contributed by atoms with Crippen molar-refractivity contribution in [2.45, 2.75) is 70.0 Å². The van der Waals surface area contributed by atoms with E-state index in [4.69, 9.17) is 82.2 Å². The lowest BCUT2D eigenvalue weighted by atomic mass is 9.92. The zero-order chi connectivity index (χ0) is 78.7. The molecule has 113 heavy (non-hydrogen) atoms. The highest BCUT2D eigenvalue weighted by atomic mass is 79.9. The van der Waals surface area contributed by atoms with E-state index < -0.39 is 23.2 Å². The van der Waals surface area contributed by atoms with Crippen LogP contribution in [0, 0.1) is 10.1 Å². The van der Waals surface area contributed by atoms with Crippen LogP contribution in [-0.4, -0.2) is 177 Å². The molecular weight excluding hydrogens is 1570 g/mol. The first-order valence-corrected chi connectivity index (χ1v) is 39.9. The topological polar surface area (TPSA) is 247 Å². The van der Waals surface area contributed by atoms with Crippen molar-refractivity contribution >= 4 is 107 Å². The SMILES string of the molecule is CCOC(=O)N1CCc2c([nH]c3ccc(Cl)cc23)C1c1ccc(OCCCCN2CCCC2)cc1.COCCOCCOc1ccc(C2c3[nH]c4ccc(Cl)cc4c3CCN2C(=O)Oc2ccc(Br)cc2)cc1.COCCOCCOc1ccc(C2c3[nH]c4ccc(Cl)cc4c3CCN2C(=O)Oc2ccc([N+](=O)[O-])cc2)cc1. The molecule has 0 spiro atoms. The van der Waals surface area contributed by atoms with Gasteiger partial charge in [-0.15, -0.1) is 0 Å². The van der Waals surface area contributed by atoms with Gasteiger partial charge in [0, 0.05) is 115 Å². The lowest BCUT2D eigenvalue weighted by molar-refractivity contribution is -0.384. The number of carbonyl (C=O) groups is 3. The predicted molar refractivity (Wildman–Crippen MR) is 439 cm³/mol. The normalized spacial score (nSPS) is 15.8. The Morgan fingerprint density at radius 3 is 1.19 bits per heavy atom. The van der Waals surface area contributed by atoms with Gasteiger partial charge < -0.3 is 67.2 Å². The molecule has 11 aromatic rings. The minimum atomic E-state index is -0.560. The van der Waals surface area contributed by atoms with Crippen molar-refractivity contribution in [2.24, 2.45) is 0 Å². The number of likely N-dealkylation sites (tertiary alicyclic amines) is 1. The van der Waals surface area contributed by atoms with Gasteiger partial charge in [0.25, 0.3) is 5.69 Å². The number of fused-ring (bicyclic) bond motifs is 9. The lowest BCUT2D eigenvalue weighted by Gasteiger charge is -2.35. The second-order valence-electron chi connectivity index (χ2n) is 27.5. The number of ether oxygens (including phenoxy) is 10. The van der Waals surface area contributed by atoms with E-state index in [0.29, 0.717) is 119 Å². The van der Waals surface area contributed by atoms with Gasteiger partial charge in [-0.25, -0.2) is 14.4 Å². The number of methoxy groups -OCH3 is 2. The first-order chi connectivity index (χ1) is 55.1. The number of halogens is 4. The van der Waals surface area contributed by atoms with E-state index in [1.807, 2.05) is 139 Å². The number of hydrogen-bond donors (Lipinski definition) is 3. The van der Waals surface area contributed by atoms with Crippen molar-refractivity contribution in [3.8, 4) is 28.7 Å². The van der Waals surface area contributed by atoms with Crippen molar-refractivity contribution in [1.29, 1.82) is 0 Å². The second kappa shape index (κ2) is 39.3. The summed E-state index contributed by atoms with van der Waals surface area (Å²) in [6.07, 6.45) is 5.68. The van der Waals surface area contributed by atoms with E-state index in [1.165, 1.54) is 68.7 Å². The van der Waals surface area contributed by atoms with Crippen LogP contribution >= 0.6 is 50.7 Å². The van der Waals surface area contributed by atoms with Crippen LogP contribution in [0.4, 0.5) is 20.1 Å². The fourth-order valence-electron chi connectivity index (χ4n) is 14.9. The molecule has 0 bridgehead atoms. The van der Waals surface area contributed by atoms with Crippen molar-refractivity contribution in [1.82, 2.24) is 34.6 Å². The number of nitrogens with zero attached hydrogens (tertiary/aromatic N) is 5. The number of rotatable bonds is 27. The van der Waals surface area contributed by atoms with Gasteiger partial charge in [-0.2, -0.15) is 0 Å². The summed E-state index contributed by atoms with van der Waals surface area (Å²) in [5.41, 5.74) is 12.0.